The summed E-state index contributed by atoms with van der Waals surface area (Å²) in [6.45, 7) is 0. The first kappa shape index (κ1) is 18.3. The van der Waals surface area contributed by atoms with E-state index in [0.717, 1.165) is 5.52 Å². The monoisotopic (exact) mass is 412 g/mol. The summed E-state index contributed by atoms with van der Waals surface area (Å²) in [5.41, 5.74) is 2.87. The second-order valence-corrected chi connectivity index (χ2v) is 6.82. The maximum atomic E-state index is 12.7. The van der Waals surface area contributed by atoms with Crippen LogP contribution in [0.1, 0.15) is 10.4 Å². The van der Waals surface area contributed by atoms with Gasteiger partial charge in [0.1, 0.15) is 11.3 Å². The maximum Gasteiger partial charge on any atom is 0.257 e. The van der Waals surface area contributed by atoms with Gasteiger partial charge in [0, 0.05) is 10.6 Å². The Bertz CT molecular complexity index is 1150. The Morgan fingerprint density at radius 2 is 1.89 bits per heavy atom. The van der Waals surface area contributed by atoms with Crippen LogP contribution in [-0.4, -0.2) is 18.0 Å². The minimum absolute atomic E-state index is 0.267. The Hall–Kier alpha value is -3.02. The Morgan fingerprint density at radius 3 is 2.68 bits per heavy atom. The predicted octanol–water partition coefficient (Wildman–Crippen LogP) is 6.06. The second kappa shape index (κ2) is 7.54. The van der Waals surface area contributed by atoms with Crippen LogP contribution in [0.25, 0.3) is 22.6 Å². The Morgan fingerprint density at radius 1 is 1.07 bits per heavy atom. The molecule has 0 bridgehead atoms. The molecule has 0 saturated heterocycles. The number of oxazole rings is 1. The van der Waals surface area contributed by atoms with Gasteiger partial charge in [-0.1, -0.05) is 35.3 Å². The Labute approximate surface area is 170 Å². The van der Waals surface area contributed by atoms with E-state index in [1.165, 1.54) is 13.2 Å². The van der Waals surface area contributed by atoms with Crippen molar-refractivity contribution in [2.75, 3.05) is 12.4 Å². The molecule has 1 N–H and O–H groups in total. The third kappa shape index (κ3) is 3.54. The lowest BCUT2D eigenvalue weighted by atomic mass is 10.1. The number of amides is 1. The molecule has 140 valence electrons. The second-order valence-electron chi connectivity index (χ2n) is 5.98. The van der Waals surface area contributed by atoms with E-state index < -0.39 is 5.91 Å². The predicted molar refractivity (Wildman–Crippen MR) is 110 cm³/mol. The zero-order valence-corrected chi connectivity index (χ0v) is 16.2. The van der Waals surface area contributed by atoms with E-state index in [0.29, 0.717) is 38.5 Å². The SMILES string of the molecule is COc1ccc(-c2nc3ccccc3o2)cc1NC(=O)c1cc(Cl)ccc1Cl. The number of nitrogens with one attached hydrogen (secondary N) is 1. The molecule has 0 aliphatic carbocycles. The first-order valence-corrected chi connectivity index (χ1v) is 9.11. The number of ether oxygens (including phenoxy) is 1. The van der Waals surface area contributed by atoms with Crippen molar-refractivity contribution in [2.24, 2.45) is 0 Å². The van der Waals surface area contributed by atoms with Gasteiger partial charge >= 0.3 is 0 Å². The van der Waals surface area contributed by atoms with Crippen LogP contribution in [-0.2, 0) is 0 Å². The summed E-state index contributed by atoms with van der Waals surface area (Å²) >= 11 is 12.1. The van der Waals surface area contributed by atoms with Crippen LogP contribution in [0.4, 0.5) is 5.69 Å². The summed E-state index contributed by atoms with van der Waals surface area (Å²) in [5, 5.41) is 3.53. The number of hydrogen-bond acceptors (Lipinski definition) is 4. The molecule has 3 aromatic carbocycles. The maximum absolute atomic E-state index is 12.7. The number of anilines is 1. The molecule has 1 amide bonds. The number of nitrogens with zero attached hydrogens (tertiary/aromatic N) is 1. The van der Waals surface area contributed by atoms with E-state index in [2.05, 4.69) is 10.3 Å². The van der Waals surface area contributed by atoms with Gasteiger partial charge in [-0.3, -0.25) is 4.79 Å². The van der Waals surface area contributed by atoms with E-state index in [-0.39, 0.29) is 5.56 Å². The first-order chi connectivity index (χ1) is 13.5. The van der Waals surface area contributed by atoms with E-state index in [1.807, 2.05) is 30.3 Å². The van der Waals surface area contributed by atoms with Gasteiger partial charge < -0.3 is 14.5 Å². The van der Waals surface area contributed by atoms with Crippen molar-refractivity contribution in [3.8, 4) is 17.2 Å². The smallest absolute Gasteiger partial charge is 0.257 e. The fourth-order valence-electron chi connectivity index (χ4n) is 2.80. The highest BCUT2D eigenvalue weighted by molar-refractivity contribution is 6.36. The molecule has 5 nitrogen and oxygen atoms in total. The largest absolute Gasteiger partial charge is 0.495 e. The van der Waals surface area contributed by atoms with Gasteiger partial charge in [-0.15, -0.1) is 0 Å². The number of benzene rings is 3. The molecular weight excluding hydrogens is 399 g/mol. The topological polar surface area (TPSA) is 64.4 Å². The molecule has 0 atom stereocenters. The molecule has 7 heteroatoms. The summed E-state index contributed by atoms with van der Waals surface area (Å²) in [6.07, 6.45) is 0. The Kier molecular flexibility index (Phi) is 4.94. The van der Waals surface area contributed by atoms with Gasteiger partial charge in [-0.25, -0.2) is 4.98 Å². The van der Waals surface area contributed by atoms with Crippen molar-refractivity contribution in [3.63, 3.8) is 0 Å². The third-order valence-corrected chi connectivity index (χ3v) is 4.73. The lowest BCUT2D eigenvalue weighted by Gasteiger charge is -2.12. The molecule has 0 aliphatic heterocycles. The fraction of sp³-hybridized carbons (Fsp3) is 0.0476. The van der Waals surface area contributed by atoms with Gasteiger partial charge in [0.05, 0.1) is 23.4 Å². The molecule has 4 rings (SSSR count). The van der Waals surface area contributed by atoms with E-state index >= 15 is 0 Å². The molecule has 0 unspecified atom stereocenters. The average molecular weight is 413 g/mol. The van der Waals surface area contributed by atoms with Crippen molar-refractivity contribution in [1.82, 2.24) is 4.98 Å². The van der Waals surface area contributed by atoms with Crippen LogP contribution < -0.4 is 10.1 Å². The molecule has 1 heterocycles. The molecule has 0 spiro atoms. The van der Waals surface area contributed by atoms with Gasteiger partial charge in [-0.05, 0) is 48.5 Å². The minimum atomic E-state index is -0.402. The number of aromatic nitrogens is 1. The summed E-state index contributed by atoms with van der Waals surface area (Å²) in [6, 6.07) is 17.5. The van der Waals surface area contributed by atoms with E-state index in [1.54, 1.807) is 24.3 Å². The fourth-order valence-corrected chi connectivity index (χ4v) is 3.17. The summed E-state index contributed by atoms with van der Waals surface area (Å²) in [7, 11) is 1.52. The molecule has 4 aromatic rings. The number of fused-ring (bicyclic) bond motifs is 1. The molecule has 0 fully saturated rings. The highest BCUT2D eigenvalue weighted by Gasteiger charge is 2.16. The zero-order valence-electron chi connectivity index (χ0n) is 14.7. The Balaban J connectivity index is 1.71. The van der Waals surface area contributed by atoms with Crippen molar-refractivity contribution in [2.45, 2.75) is 0 Å². The van der Waals surface area contributed by atoms with E-state index in [4.69, 9.17) is 32.4 Å². The van der Waals surface area contributed by atoms with Crippen LogP contribution in [0.15, 0.2) is 65.1 Å². The van der Waals surface area contributed by atoms with Crippen molar-refractivity contribution >= 4 is 45.9 Å². The van der Waals surface area contributed by atoms with Crippen LogP contribution in [0.3, 0.4) is 0 Å². The van der Waals surface area contributed by atoms with Crippen molar-refractivity contribution < 1.29 is 13.9 Å². The van der Waals surface area contributed by atoms with E-state index in [9.17, 15) is 4.79 Å². The molecule has 0 saturated carbocycles. The molecule has 28 heavy (non-hydrogen) atoms. The third-order valence-electron chi connectivity index (χ3n) is 4.16. The molecular formula is C21H14Cl2N2O3. The lowest BCUT2D eigenvalue weighted by molar-refractivity contribution is 0.102. The van der Waals surface area contributed by atoms with Crippen LogP contribution in [0, 0.1) is 0 Å². The van der Waals surface area contributed by atoms with Gasteiger partial charge in [0.25, 0.3) is 5.91 Å². The highest BCUT2D eigenvalue weighted by Crippen LogP contribution is 2.32. The molecule has 0 aliphatic rings. The number of para-hydroxylation sites is 2. The van der Waals surface area contributed by atoms with Crippen LogP contribution in [0.2, 0.25) is 10.0 Å². The lowest BCUT2D eigenvalue weighted by Crippen LogP contribution is -2.13. The number of rotatable bonds is 4. The standard InChI is InChI=1S/C21H14Cl2N2O3/c1-27-18-9-6-12(21-25-16-4-2-3-5-19(16)28-21)10-17(18)24-20(26)14-11-13(22)7-8-15(14)23/h2-11H,1H3,(H,24,26). The van der Waals surface area contributed by atoms with Gasteiger partial charge in [-0.2, -0.15) is 0 Å². The summed E-state index contributed by atoms with van der Waals surface area (Å²) < 4.78 is 11.2. The van der Waals surface area contributed by atoms with Crippen LogP contribution >= 0.6 is 23.2 Å². The quantitative estimate of drug-likeness (QED) is 0.442. The van der Waals surface area contributed by atoms with Gasteiger partial charge in [0.2, 0.25) is 5.89 Å². The number of carbonyl (C=O) groups is 1. The summed E-state index contributed by atoms with van der Waals surface area (Å²) in [4.78, 5) is 17.2. The van der Waals surface area contributed by atoms with Crippen molar-refractivity contribution in [3.05, 3.63) is 76.3 Å². The molecule has 0 radical (unpaired) electrons. The highest BCUT2D eigenvalue weighted by atomic mass is 35.5. The van der Waals surface area contributed by atoms with Crippen LogP contribution in [0.5, 0.6) is 5.75 Å². The average Bonchev–Trinajstić information content (AvgIpc) is 3.14. The number of hydrogen-bond donors (Lipinski definition) is 1. The first-order valence-electron chi connectivity index (χ1n) is 8.35. The number of carbonyl (C=O) groups excluding carboxylic acids is 1. The zero-order chi connectivity index (χ0) is 19.7. The van der Waals surface area contributed by atoms with Crippen molar-refractivity contribution in [1.29, 1.82) is 0 Å². The normalized spacial score (nSPS) is 10.8. The number of halogens is 2. The number of methoxy groups -OCH3 is 1. The molecule has 1 aromatic heterocycles. The van der Waals surface area contributed by atoms with Gasteiger partial charge in [0.15, 0.2) is 5.58 Å². The summed E-state index contributed by atoms with van der Waals surface area (Å²) in [5.74, 6) is 0.534. The minimum Gasteiger partial charge on any atom is -0.495 e.